The molecule has 0 amide bonds. The molecular weight excluding hydrogens is 448 g/mol. The summed E-state index contributed by atoms with van der Waals surface area (Å²) in [5.41, 5.74) is 13.8. The predicted molar refractivity (Wildman–Crippen MR) is 145 cm³/mol. The summed E-state index contributed by atoms with van der Waals surface area (Å²) in [5, 5.41) is 3.40. The normalized spacial score (nSPS) is 19.4. The van der Waals surface area contributed by atoms with Crippen LogP contribution in [0.15, 0.2) is 59.6 Å². The molecule has 1 unspecified atom stereocenters. The number of nitrogens with zero attached hydrogens (tertiary/aromatic N) is 4. The van der Waals surface area contributed by atoms with E-state index < -0.39 is 0 Å². The fourth-order valence-corrected chi connectivity index (χ4v) is 5.43. The van der Waals surface area contributed by atoms with Crippen molar-refractivity contribution in [1.29, 1.82) is 0 Å². The van der Waals surface area contributed by atoms with Gasteiger partial charge in [0.15, 0.2) is 0 Å². The van der Waals surface area contributed by atoms with E-state index >= 15 is 0 Å². The Labute approximate surface area is 213 Å². The van der Waals surface area contributed by atoms with Crippen molar-refractivity contribution in [2.45, 2.75) is 32.1 Å². The highest BCUT2D eigenvalue weighted by Gasteiger charge is 2.29. The molecule has 3 aromatic rings. The SMILES string of the molecule is Cc1nc(N)nc2c1C(=NCOCCCN1CCNCC1)CC(c1ccccc1-c1ccccc1)C2. The molecule has 2 heterocycles. The number of aryl methyl sites for hydroxylation is 1. The van der Waals surface area contributed by atoms with Crippen molar-refractivity contribution in [3.63, 3.8) is 0 Å². The van der Waals surface area contributed by atoms with Gasteiger partial charge in [0, 0.05) is 44.0 Å². The largest absolute Gasteiger partial charge is 0.368 e. The van der Waals surface area contributed by atoms with Gasteiger partial charge in [0.2, 0.25) is 5.95 Å². The predicted octanol–water partition coefficient (Wildman–Crippen LogP) is 3.82. The fraction of sp³-hybridized carbons (Fsp3) is 0.414. The van der Waals surface area contributed by atoms with Crippen LogP contribution in [0.1, 0.15) is 41.3 Å². The van der Waals surface area contributed by atoms with Gasteiger partial charge in [0.05, 0.1) is 18.0 Å². The van der Waals surface area contributed by atoms with Gasteiger partial charge in [-0.3, -0.25) is 4.99 Å². The van der Waals surface area contributed by atoms with Crippen LogP contribution in [0.2, 0.25) is 0 Å². The van der Waals surface area contributed by atoms with Gasteiger partial charge in [-0.25, -0.2) is 9.97 Å². The minimum atomic E-state index is 0.258. The van der Waals surface area contributed by atoms with E-state index in [0.717, 1.165) is 74.6 Å². The van der Waals surface area contributed by atoms with Crippen molar-refractivity contribution in [1.82, 2.24) is 20.2 Å². The van der Waals surface area contributed by atoms with Gasteiger partial charge in [-0.15, -0.1) is 0 Å². The van der Waals surface area contributed by atoms with Gasteiger partial charge in [0.1, 0.15) is 6.73 Å². The summed E-state index contributed by atoms with van der Waals surface area (Å²) in [4.78, 5) is 16.5. The topological polar surface area (TPSA) is 88.7 Å². The number of ether oxygens (including phenoxy) is 1. The average Bonchev–Trinajstić information content (AvgIpc) is 2.91. The maximum Gasteiger partial charge on any atom is 0.220 e. The molecule has 7 heteroatoms. The molecule has 1 aliphatic carbocycles. The first-order valence-electron chi connectivity index (χ1n) is 13.0. The summed E-state index contributed by atoms with van der Waals surface area (Å²) in [6.07, 6.45) is 2.67. The van der Waals surface area contributed by atoms with Gasteiger partial charge in [-0.1, -0.05) is 54.6 Å². The standard InChI is InChI=1S/C29H36N6O/c1-21-28-26(32-20-36-17-7-14-35-15-12-31-13-16-35)18-23(19-27(28)34-29(30)33-21)25-11-6-5-10-24(25)22-8-3-2-4-9-22/h2-6,8-11,23,31H,7,12-20H2,1H3,(H2,30,33,34). The van der Waals surface area contributed by atoms with E-state index in [1.807, 2.05) is 6.92 Å². The van der Waals surface area contributed by atoms with Gasteiger partial charge in [0.25, 0.3) is 0 Å². The second-order valence-electron chi connectivity index (χ2n) is 9.63. The summed E-state index contributed by atoms with van der Waals surface area (Å²) >= 11 is 0. The number of nitrogens with one attached hydrogen (secondary N) is 1. The van der Waals surface area contributed by atoms with E-state index in [1.54, 1.807) is 0 Å². The first-order chi connectivity index (χ1) is 17.7. The van der Waals surface area contributed by atoms with Crippen LogP contribution in [-0.2, 0) is 11.2 Å². The van der Waals surface area contributed by atoms with Crippen molar-refractivity contribution in [2.75, 3.05) is 51.8 Å². The highest BCUT2D eigenvalue weighted by atomic mass is 16.5. The van der Waals surface area contributed by atoms with Crippen LogP contribution in [0.25, 0.3) is 11.1 Å². The van der Waals surface area contributed by atoms with Crippen LogP contribution >= 0.6 is 0 Å². The lowest BCUT2D eigenvalue weighted by atomic mass is 9.78. The van der Waals surface area contributed by atoms with Crippen LogP contribution in [0.4, 0.5) is 5.95 Å². The number of fused-ring (bicyclic) bond motifs is 1. The second kappa shape index (κ2) is 11.7. The minimum Gasteiger partial charge on any atom is -0.368 e. The van der Waals surface area contributed by atoms with E-state index in [2.05, 4.69) is 74.8 Å². The molecule has 0 bridgehead atoms. The van der Waals surface area contributed by atoms with E-state index in [9.17, 15) is 0 Å². The number of nitrogens with two attached hydrogens (primary N) is 1. The third-order valence-electron chi connectivity index (χ3n) is 7.15. The summed E-state index contributed by atoms with van der Waals surface area (Å²) in [5.74, 6) is 0.584. The lowest BCUT2D eigenvalue weighted by Gasteiger charge is -2.28. The van der Waals surface area contributed by atoms with E-state index in [-0.39, 0.29) is 5.92 Å². The van der Waals surface area contributed by atoms with Gasteiger partial charge in [-0.2, -0.15) is 0 Å². The molecule has 7 nitrogen and oxygen atoms in total. The zero-order valence-corrected chi connectivity index (χ0v) is 21.1. The van der Waals surface area contributed by atoms with E-state index in [0.29, 0.717) is 19.3 Å². The van der Waals surface area contributed by atoms with Gasteiger partial charge >= 0.3 is 0 Å². The molecule has 3 N–H and O–H groups in total. The zero-order chi connectivity index (χ0) is 24.7. The number of piperazine rings is 1. The second-order valence-corrected chi connectivity index (χ2v) is 9.63. The molecule has 1 atom stereocenters. The summed E-state index contributed by atoms with van der Waals surface area (Å²) in [7, 11) is 0. The Bertz CT molecular complexity index is 1190. The van der Waals surface area contributed by atoms with Crippen LogP contribution in [0.3, 0.4) is 0 Å². The van der Waals surface area contributed by atoms with Gasteiger partial charge < -0.3 is 20.7 Å². The number of hydrogen-bond acceptors (Lipinski definition) is 7. The summed E-state index contributed by atoms with van der Waals surface area (Å²) < 4.78 is 5.94. The highest BCUT2D eigenvalue weighted by Crippen LogP contribution is 2.38. The highest BCUT2D eigenvalue weighted by molar-refractivity contribution is 6.04. The van der Waals surface area contributed by atoms with Crippen LogP contribution in [0, 0.1) is 6.92 Å². The number of nitrogen functional groups attached to an aromatic ring is 1. The van der Waals surface area contributed by atoms with Gasteiger partial charge in [-0.05, 0) is 48.8 Å². The Hall–Kier alpha value is -3.13. The third kappa shape index (κ3) is 5.81. The summed E-state index contributed by atoms with van der Waals surface area (Å²) in [6, 6.07) is 19.2. The number of aliphatic imine (C=N–C) groups is 1. The molecule has 1 fully saturated rings. The molecule has 0 radical (unpaired) electrons. The number of benzene rings is 2. The van der Waals surface area contributed by atoms with Crippen molar-refractivity contribution in [3.8, 4) is 11.1 Å². The Morgan fingerprint density at radius 2 is 1.81 bits per heavy atom. The lowest BCUT2D eigenvalue weighted by Crippen LogP contribution is -2.43. The molecule has 2 aliphatic rings. The maximum atomic E-state index is 6.06. The minimum absolute atomic E-state index is 0.258. The Morgan fingerprint density at radius 3 is 2.64 bits per heavy atom. The van der Waals surface area contributed by atoms with E-state index in [1.165, 1.54) is 16.7 Å². The Balaban J connectivity index is 1.33. The smallest absolute Gasteiger partial charge is 0.220 e. The number of aromatic nitrogens is 2. The van der Waals surface area contributed by atoms with Crippen molar-refractivity contribution >= 4 is 11.7 Å². The number of rotatable bonds is 8. The van der Waals surface area contributed by atoms with Crippen molar-refractivity contribution < 1.29 is 4.74 Å². The molecule has 5 rings (SSSR count). The first kappa shape index (κ1) is 24.6. The van der Waals surface area contributed by atoms with Crippen molar-refractivity contribution in [3.05, 3.63) is 77.1 Å². The molecule has 1 saturated heterocycles. The monoisotopic (exact) mass is 484 g/mol. The molecule has 188 valence electrons. The number of hydrogen-bond donors (Lipinski definition) is 2. The van der Waals surface area contributed by atoms with Crippen molar-refractivity contribution in [2.24, 2.45) is 4.99 Å². The lowest BCUT2D eigenvalue weighted by molar-refractivity contribution is 0.124. The summed E-state index contributed by atoms with van der Waals surface area (Å²) in [6.45, 7) is 8.53. The number of anilines is 1. The quantitative estimate of drug-likeness (QED) is 0.473. The fourth-order valence-electron chi connectivity index (χ4n) is 5.43. The van der Waals surface area contributed by atoms with E-state index in [4.69, 9.17) is 15.5 Å². The average molecular weight is 485 g/mol. The molecular formula is C29H36N6O. The zero-order valence-electron chi connectivity index (χ0n) is 21.1. The van der Waals surface area contributed by atoms with Crippen LogP contribution < -0.4 is 11.1 Å². The Kier molecular flexibility index (Phi) is 8.01. The first-order valence-corrected chi connectivity index (χ1v) is 13.0. The Morgan fingerprint density at radius 1 is 1.03 bits per heavy atom. The maximum absolute atomic E-state index is 6.06. The molecule has 0 spiro atoms. The third-order valence-corrected chi connectivity index (χ3v) is 7.15. The molecule has 36 heavy (non-hydrogen) atoms. The molecule has 1 aromatic heterocycles. The van der Waals surface area contributed by atoms with Crippen LogP contribution in [0.5, 0.6) is 0 Å². The molecule has 0 saturated carbocycles. The molecule has 2 aromatic carbocycles. The molecule has 1 aliphatic heterocycles. The van der Waals surface area contributed by atoms with Crippen LogP contribution in [-0.4, -0.2) is 66.6 Å².